The van der Waals surface area contributed by atoms with Crippen LogP contribution in [-0.4, -0.2) is 42.1 Å². The van der Waals surface area contributed by atoms with Gasteiger partial charge in [0.15, 0.2) is 0 Å². The van der Waals surface area contributed by atoms with E-state index in [0.717, 1.165) is 30.4 Å². The van der Waals surface area contributed by atoms with Gasteiger partial charge in [0.05, 0.1) is 23.8 Å². The lowest BCUT2D eigenvalue weighted by atomic mass is 10.1. The number of hydrogen-bond acceptors (Lipinski definition) is 4. The van der Waals surface area contributed by atoms with Gasteiger partial charge < -0.3 is 15.5 Å². The summed E-state index contributed by atoms with van der Waals surface area (Å²) in [5.41, 5.74) is 2.20. The minimum Gasteiger partial charge on any atom is -0.384 e. The van der Waals surface area contributed by atoms with Crippen LogP contribution in [0.25, 0.3) is 0 Å². The van der Waals surface area contributed by atoms with Crippen molar-refractivity contribution < 1.29 is 0 Å². The monoisotopic (exact) mass is 262 g/mol. The van der Waals surface area contributed by atoms with Crippen molar-refractivity contribution >= 4 is 11.4 Å². The molecule has 0 radical (unpaired) electrons. The number of anilines is 2. The van der Waals surface area contributed by atoms with E-state index in [2.05, 4.69) is 47.4 Å². The van der Waals surface area contributed by atoms with E-state index in [-0.39, 0.29) is 0 Å². The lowest BCUT2D eigenvalue weighted by molar-refractivity contribution is 0.266. The topological polar surface area (TPSA) is 40.2 Å². The lowest BCUT2D eigenvalue weighted by Gasteiger charge is -2.20. The smallest absolute Gasteiger partial charge is 0.0547 e. The van der Waals surface area contributed by atoms with Crippen LogP contribution in [0.2, 0.25) is 0 Å². The number of hydrogen-bond donors (Lipinski definition) is 2. The summed E-state index contributed by atoms with van der Waals surface area (Å²) in [5.74, 6) is 0.755. The maximum Gasteiger partial charge on any atom is 0.0547 e. The van der Waals surface area contributed by atoms with Gasteiger partial charge in [-0.1, -0.05) is 0 Å². The normalized spacial score (nSPS) is 19.9. The van der Waals surface area contributed by atoms with E-state index in [1.54, 1.807) is 0 Å². The van der Waals surface area contributed by atoms with E-state index in [1.165, 1.54) is 19.5 Å². The molecule has 0 amide bonds. The van der Waals surface area contributed by atoms with Crippen LogP contribution in [0.15, 0.2) is 18.5 Å². The van der Waals surface area contributed by atoms with Crippen LogP contribution in [0.3, 0.4) is 0 Å². The Hall–Kier alpha value is -1.29. The van der Waals surface area contributed by atoms with Crippen LogP contribution in [0, 0.1) is 5.92 Å². The van der Waals surface area contributed by atoms with Crippen molar-refractivity contribution in [2.75, 3.05) is 36.8 Å². The Morgan fingerprint density at radius 3 is 2.68 bits per heavy atom. The number of nitrogens with zero attached hydrogens (tertiary/aromatic N) is 2. The van der Waals surface area contributed by atoms with Crippen molar-refractivity contribution in [3.63, 3.8) is 0 Å². The molecule has 4 nitrogen and oxygen atoms in total. The van der Waals surface area contributed by atoms with Gasteiger partial charge in [-0.25, -0.2) is 0 Å². The maximum atomic E-state index is 4.26. The van der Waals surface area contributed by atoms with Gasteiger partial charge in [0.25, 0.3) is 0 Å². The van der Waals surface area contributed by atoms with E-state index >= 15 is 0 Å². The molecule has 1 fully saturated rings. The van der Waals surface area contributed by atoms with E-state index in [0.29, 0.717) is 6.04 Å². The molecule has 1 saturated heterocycles. The lowest BCUT2D eigenvalue weighted by Crippen LogP contribution is -2.29. The summed E-state index contributed by atoms with van der Waals surface area (Å²) in [7, 11) is 0. The fourth-order valence-corrected chi connectivity index (χ4v) is 2.60. The van der Waals surface area contributed by atoms with Gasteiger partial charge in [-0.3, -0.25) is 4.98 Å². The molecule has 0 saturated carbocycles. The van der Waals surface area contributed by atoms with Gasteiger partial charge in [-0.05, 0) is 45.7 Å². The summed E-state index contributed by atoms with van der Waals surface area (Å²) in [6.07, 6.45) is 5.06. The van der Waals surface area contributed by atoms with Crippen molar-refractivity contribution in [1.29, 1.82) is 0 Å². The summed E-state index contributed by atoms with van der Waals surface area (Å²) in [4.78, 5) is 6.81. The molecule has 0 spiro atoms. The highest BCUT2D eigenvalue weighted by Crippen LogP contribution is 2.20. The quantitative estimate of drug-likeness (QED) is 0.827. The Morgan fingerprint density at radius 1 is 1.32 bits per heavy atom. The molecule has 2 rings (SSSR count). The number of rotatable bonds is 6. The second-order valence-corrected chi connectivity index (χ2v) is 5.62. The molecule has 1 atom stereocenters. The molecular weight excluding hydrogens is 236 g/mol. The van der Waals surface area contributed by atoms with Crippen molar-refractivity contribution in [1.82, 2.24) is 9.88 Å². The molecular formula is C15H26N4. The second kappa shape index (κ2) is 6.75. The molecule has 106 valence electrons. The number of pyridine rings is 1. The SMILES string of the molecule is CCNc1cncc(NCC2CCN(C(C)C)C2)c1. The van der Waals surface area contributed by atoms with Gasteiger partial charge in [0.1, 0.15) is 0 Å². The summed E-state index contributed by atoms with van der Waals surface area (Å²) in [5, 5.41) is 6.80. The van der Waals surface area contributed by atoms with Crippen molar-refractivity contribution in [3.8, 4) is 0 Å². The number of nitrogens with one attached hydrogen (secondary N) is 2. The van der Waals surface area contributed by atoms with Crippen LogP contribution in [0.5, 0.6) is 0 Å². The summed E-state index contributed by atoms with van der Waals surface area (Å²) in [6, 6.07) is 2.80. The largest absolute Gasteiger partial charge is 0.384 e. The Kier molecular flexibility index (Phi) is 5.02. The van der Waals surface area contributed by atoms with Gasteiger partial charge in [0, 0.05) is 25.7 Å². The van der Waals surface area contributed by atoms with Gasteiger partial charge in [-0.15, -0.1) is 0 Å². The third-order valence-corrected chi connectivity index (χ3v) is 3.76. The summed E-state index contributed by atoms with van der Waals surface area (Å²) >= 11 is 0. The molecule has 1 aromatic heterocycles. The van der Waals surface area contributed by atoms with Crippen molar-refractivity contribution in [2.45, 2.75) is 33.2 Å². The highest BCUT2D eigenvalue weighted by atomic mass is 15.2. The molecule has 1 aliphatic heterocycles. The molecule has 2 N–H and O–H groups in total. The zero-order valence-electron chi connectivity index (χ0n) is 12.3. The first-order chi connectivity index (χ1) is 9.19. The molecule has 1 aliphatic rings. The van der Waals surface area contributed by atoms with Crippen LogP contribution in [0.1, 0.15) is 27.2 Å². The van der Waals surface area contributed by atoms with E-state index in [4.69, 9.17) is 0 Å². The predicted molar refractivity (Wildman–Crippen MR) is 81.7 cm³/mol. The molecule has 4 heteroatoms. The van der Waals surface area contributed by atoms with Crippen LogP contribution < -0.4 is 10.6 Å². The highest BCUT2D eigenvalue weighted by molar-refractivity contribution is 5.53. The molecule has 2 heterocycles. The van der Waals surface area contributed by atoms with Gasteiger partial charge in [-0.2, -0.15) is 0 Å². The van der Waals surface area contributed by atoms with Crippen LogP contribution >= 0.6 is 0 Å². The molecule has 1 unspecified atom stereocenters. The Morgan fingerprint density at radius 2 is 2.05 bits per heavy atom. The zero-order chi connectivity index (χ0) is 13.7. The summed E-state index contributed by atoms with van der Waals surface area (Å²) < 4.78 is 0. The fourth-order valence-electron chi connectivity index (χ4n) is 2.60. The second-order valence-electron chi connectivity index (χ2n) is 5.62. The molecule has 0 aliphatic carbocycles. The molecule has 0 bridgehead atoms. The maximum absolute atomic E-state index is 4.26. The van der Waals surface area contributed by atoms with E-state index < -0.39 is 0 Å². The van der Waals surface area contributed by atoms with Crippen molar-refractivity contribution in [3.05, 3.63) is 18.5 Å². The minimum absolute atomic E-state index is 0.670. The van der Waals surface area contributed by atoms with Gasteiger partial charge in [0.2, 0.25) is 0 Å². The highest BCUT2D eigenvalue weighted by Gasteiger charge is 2.23. The van der Waals surface area contributed by atoms with Crippen LogP contribution in [-0.2, 0) is 0 Å². The molecule has 1 aromatic rings. The molecule has 0 aromatic carbocycles. The fraction of sp³-hybridized carbons (Fsp3) is 0.667. The predicted octanol–water partition coefficient (Wildman–Crippen LogP) is 2.66. The molecule has 19 heavy (non-hydrogen) atoms. The zero-order valence-corrected chi connectivity index (χ0v) is 12.3. The Balaban J connectivity index is 1.81. The first-order valence-electron chi connectivity index (χ1n) is 7.36. The first kappa shape index (κ1) is 14.1. The summed E-state index contributed by atoms with van der Waals surface area (Å²) in [6.45, 7) is 11.1. The third kappa shape index (κ3) is 4.10. The van der Waals surface area contributed by atoms with E-state index in [9.17, 15) is 0 Å². The van der Waals surface area contributed by atoms with Crippen LogP contribution in [0.4, 0.5) is 11.4 Å². The number of aromatic nitrogens is 1. The first-order valence-corrected chi connectivity index (χ1v) is 7.36. The standard InChI is InChI=1S/C15H26N4/c1-4-17-14-7-15(10-16-9-14)18-8-13-5-6-19(11-13)12(2)3/h7,9-10,12-13,17-18H,4-6,8,11H2,1-3H3. The van der Waals surface area contributed by atoms with E-state index in [1.807, 2.05) is 12.4 Å². The third-order valence-electron chi connectivity index (χ3n) is 3.76. The Bertz CT molecular complexity index is 391. The van der Waals surface area contributed by atoms with Gasteiger partial charge >= 0.3 is 0 Å². The number of likely N-dealkylation sites (tertiary alicyclic amines) is 1. The average Bonchev–Trinajstić information content (AvgIpc) is 2.86. The Labute approximate surface area is 116 Å². The van der Waals surface area contributed by atoms with Crippen molar-refractivity contribution in [2.24, 2.45) is 5.92 Å². The minimum atomic E-state index is 0.670. The average molecular weight is 262 g/mol.